The molecule has 0 aromatic carbocycles. The van der Waals surface area contributed by atoms with Crippen LogP contribution in [0.5, 0.6) is 0 Å². The maximum Gasteiger partial charge on any atom is 0.255 e. The number of rotatable bonds is 2. The Kier molecular flexibility index (Phi) is 2.77. The molecule has 1 amide bonds. The van der Waals surface area contributed by atoms with E-state index in [2.05, 4.69) is 15.3 Å². The smallest absolute Gasteiger partial charge is 0.255 e. The lowest BCUT2D eigenvalue weighted by atomic mass is 10.2. The van der Waals surface area contributed by atoms with E-state index in [4.69, 9.17) is 5.73 Å². The minimum Gasteiger partial charge on any atom is -0.384 e. The summed E-state index contributed by atoms with van der Waals surface area (Å²) in [6.07, 6.45) is 4.64. The molecule has 0 saturated carbocycles. The number of amides is 1. The second kappa shape index (κ2) is 4.39. The highest BCUT2D eigenvalue weighted by molar-refractivity contribution is 6.04. The lowest BCUT2D eigenvalue weighted by Crippen LogP contribution is -2.12. The van der Waals surface area contributed by atoms with Crippen LogP contribution in [-0.4, -0.2) is 15.9 Å². The van der Waals surface area contributed by atoms with Crippen LogP contribution < -0.4 is 11.1 Å². The van der Waals surface area contributed by atoms with Gasteiger partial charge in [-0.05, 0) is 24.3 Å². The molecule has 16 heavy (non-hydrogen) atoms. The van der Waals surface area contributed by atoms with Gasteiger partial charge in [-0.3, -0.25) is 9.78 Å². The van der Waals surface area contributed by atoms with Gasteiger partial charge in [0.2, 0.25) is 0 Å². The monoisotopic (exact) mass is 214 g/mol. The van der Waals surface area contributed by atoms with E-state index < -0.39 is 0 Å². The Balaban J connectivity index is 2.11. The fraction of sp³-hybridized carbons (Fsp3) is 0. The summed E-state index contributed by atoms with van der Waals surface area (Å²) in [5.41, 5.74) is 6.59. The molecule has 0 atom stereocenters. The van der Waals surface area contributed by atoms with Crippen LogP contribution in [-0.2, 0) is 0 Å². The van der Waals surface area contributed by atoms with Crippen LogP contribution >= 0.6 is 0 Å². The average molecular weight is 214 g/mol. The van der Waals surface area contributed by atoms with Crippen molar-refractivity contribution in [1.29, 1.82) is 0 Å². The van der Waals surface area contributed by atoms with E-state index in [0.29, 0.717) is 17.1 Å². The first-order valence-corrected chi connectivity index (χ1v) is 4.68. The quantitative estimate of drug-likeness (QED) is 0.789. The number of aromatic nitrogens is 2. The summed E-state index contributed by atoms with van der Waals surface area (Å²) in [6.45, 7) is 0. The fourth-order valence-corrected chi connectivity index (χ4v) is 1.19. The molecule has 2 heterocycles. The van der Waals surface area contributed by atoms with Crippen LogP contribution in [0.2, 0.25) is 0 Å². The summed E-state index contributed by atoms with van der Waals surface area (Å²) >= 11 is 0. The maximum absolute atomic E-state index is 11.7. The molecule has 0 saturated heterocycles. The second-order valence-corrected chi connectivity index (χ2v) is 3.16. The Labute approximate surface area is 92.3 Å². The summed E-state index contributed by atoms with van der Waals surface area (Å²) in [7, 11) is 0. The summed E-state index contributed by atoms with van der Waals surface area (Å²) in [4.78, 5) is 19.4. The van der Waals surface area contributed by atoms with Crippen molar-refractivity contribution < 1.29 is 4.79 Å². The molecule has 0 spiro atoms. The topological polar surface area (TPSA) is 80.9 Å². The number of nitrogens with one attached hydrogen (secondary N) is 1. The Morgan fingerprint density at radius 3 is 2.56 bits per heavy atom. The number of pyridine rings is 2. The highest BCUT2D eigenvalue weighted by Gasteiger charge is 2.04. The number of carbonyl (C=O) groups is 1. The number of nitrogens with zero attached hydrogens (tertiary/aromatic N) is 2. The summed E-state index contributed by atoms with van der Waals surface area (Å²) in [5.74, 6) is 0.218. The number of anilines is 2. The van der Waals surface area contributed by atoms with Crippen molar-refractivity contribution in [2.45, 2.75) is 0 Å². The van der Waals surface area contributed by atoms with E-state index in [1.807, 2.05) is 0 Å². The SMILES string of the molecule is Nc1ccc(NC(=O)c2ccncc2)cn1. The van der Waals surface area contributed by atoms with Crippen molar-refractivity contribution in [2.75, 3.05) is 11.1 Å². The van der Waals surface area contributed by atoms with E-state index in [1.54, 1.807) is 36.7 Å². The van der Waals surface area contributed by atoms with Gasteiger partial charge in [0.05, 0.1) is 11.9 Å². The van der Waals surface area contributed by atoms with Gasteiger partial charge >= 0.3 is 0 Å². The van der Waals surface area contributed by atoms with Crippen LogP contribution in [0.1, 0.15) is 10.4 Å². The van der Waals surface area contributed by atoms with Gasteiger partial charge in [-0.1, -0.05) is 0 Å². The van der Waals surface area contributed by atoms with Crippen LogP contribution in [0.25, 0.3) is 0 Å². The lowest BCUT2D eigenvalue weighted by molar-refractivity contribution is 0.102. The van der Waals surface area contributed by atoms with E-state index in [1.165, 1.54) is 6.20 Å². The molecular weight excluding hydrogens is 204 g/mol. The standard InChI is InChI=1S/C11H10N4O/c12-10-2-1-9(7-14-10)15-11(16)8-3-5-13-6-4-8/h1-7H,(H2,12,14)(H,15,16). The number of nitrogens with two attached hydrogens (primary N) is 1. The molecule has 5 nitrogen and oxygen atoms in total. The van der Waals surface area contributed by atoms with Crippen molar-refractivity contribution in [3.05, 3.63) is 48.4 Å². The number of carbonyl (C=O) groups excluding carboxylic acids is 1. The van der Waals surface area contributed by atoms with Crippen molar-refractivity contribution >= 4 is 17.4 Å². The van der Waals surface area contributed by atoms with Crippen molar-refractivity contribution in [1.82, 2.24) is 9.97 Å². The predicted molar refractivity (Wildman–Crippen MR) is 60.8 cm³/mol. The molecule has 2 aromatic rings. The maximum atomic E-state index is 11.7. The number of hydrogen-bond acceptors (Lipinski definition) is 4. The molecule has 2 rings (SSSR count). The number of hydrogen-bond donors (Lipinski definition) is 2. The molecule has 0 aliphatic heterocycles. The van der Waals surface area contributed by atoms with Crippen molar-refractivity contribution in [3.63, 3.8) is 0 Å². The first-order valence-electron chi connectivity index (χ1n) is 4.68. The summed E-state index contributed by atoms with van der Waals surface area (Å²) in [6, 6.07) is 6.60. The van der Waals surface area contributed by atoms with Crippen molar-refractivity contribution in [3.8, 4) is 0 Å². The van der Waals surface area contributed by atoms with Crippen molar-refractivity contribution in [2.24, 2.45) is 0 Å². The van der Waals surface area contributed by atoms with E-state index in [-0.39, 0.29) is 5.91 Å². The van der Waals surface area contributed by atoms with Gasteiger partial charge in [0.1, 0.15) is 5.82 Å². The summed E-state index contributed by atoms with van der Waals surface area (Å²) < 4.78 is 0. The van der Waals surface area contributed by atoms with Gasteiger partial charge in [-0.2, -0.15) is 0 Å². The minimum atomic E-state index is -0.200. The molecule has 5 heteroatoms. The molecule has 0 fully saturated rings. The number of nitrogen functional groups attached to an aromatic ring is 1. The zero-order valence-corrected chi connectivity index (χ0v) is 8.42. The van der Waals surface area contributed by atoms with Gasteiger partial charge in [0.25, 0.3) is 5.91 Å². The highest BCUT2D eigenvalue weighted by atomic mass is 16.1. The third-order valence-corrected chi connectivity index (χ3v) is 1.99. The van der Waals surface area contributed by atoms with E-state index in [9.17, 15) is 4.79 Å². The first-order chi connectivity index (χ1) is 7.75. The Hall–Kier alpha value is -2.43. The van der Waals surface area contributed by atoms with Crippen LogP contribution in [0.3, 0.4) is 0 Å². The van der Waals surface area contributed by atoms with E-state index >= 15 is 0 Å². The molecule has 0 aliphatic carbocycles. The third kappa shape index (κ3) is 2.33. The van der Waals surface area contributed by atoms with Gasteiger partial charge in [-0.25, -0.2) is 4.98 Å². The molecular formula is C11H10N4O. The highest BCUT2D eigenvalue weighted by Crippen LogP contribution is 2.08. The molecule has 0 unspecified atom stereocenters. The zero-order chi connectivity index (χ0) is 11.4. The molecule has 0 bridgehead atoms. The van der Waals surface area contributed by atoms with Crippen LogP contribution in [0.4, 0.5) is 11.5 Å². The van der Waals surface area contributed by atoms with Gasteiger partial charge in [0, 0.05) is 18.0 Å². The van der Waals surface area contributed by atoms with Crippen LogP contribution in [0, 0.1) is 0 Å². The molecule has 0 aliphatic rings. The third-order valence-electron chi connectivity index (χ3n) is 1.99. The van der Waals surface area contributed by atoms with E-state index in [0.717, 1.165) is 0 Å². The van der Waals surface area contributed by atoms with Gasteiger partial charge < -0.3 is 11.1 Å². The molecule has 3 N–H and O–H groups in total. The minimum absolute atomic E-state index is 0.200. The molecule has 2 aromatic heterocycles. The summed E-state index contributed by atoms with van der Waals surface area (Å²) in [5, 5.41) is 2.70. The average Bonchev–Trinajstić information content (AvgIpc) is 2.33. The normalized spacial score (nSPS) is 9.75. The Morgan fingerprint density at radius 2 is 1.94 bits per heavy atom. The largest absolute Gasteiger partial charge is 0.384 e. The second-order valence-electron chi connectivity index (χ2n) is 3.16. The zero-order valence-electron chi connectivity index (χ0n) is 8.42. The predicted octanol–water partition coefficient (Wildman–Crippen LogP) is 1.31. The lowest BCUT2D eigenvalue weighted by Gasteiger charge is -2.04. The Morgan fingerprint density at radius 1 is 1.19 bits per heavy atom. The fourth-order valence-electron chi connectivity index (χ4n) is 1.19. The molecule has 0 radical (unpaired) electrons. The van der Waals surface area contributed by atoms with Gasteiger partial charge in [-0.15, -0.1) is 0 Å². The first kappa shape index (κ1) is 10.1. The van der Waals surface area contributed by atoms with Crippen LogP contribution in [0.15, 0.2) is 42.9 Å². The molecule has 80 valence electrons. The van der Waals surface area contributed by atoms with Gasteiger partial charge in [0.15, 0.2) is 0 Å². The Bertz CT molecular complexity index is 481.